The summed E-state index contributed by atoms with van der Waals surface area (Å²) in [5.74, 6) is 0.247. The lowest BCUT2D eigenvalue weighted by atomic mass is 9.75. The number of allylic oxidation sites excluding steroid dienone is 1. The fourth-order valence-electron chi connectivity index (χ4n) is 7.11. The number of carbonyl (C=O) groups excluding carboxylic acids is 1. The summed E-state index contributed by atoms with van der Waals surface area (Å²) in [6.07, 6.45) is 9.26. The predicted octanol–water partition coefficient (Wildman–Crippen LogP) is 7.83. The number of hydrogen-bond acceptors (Lipinski definition) is 4. The molecular formula is C30H54O4Si. The first-order valence-electron chi connectivity index (χ1n) is 14.2. The number of aliphatic hydroxyl groups is 1. The quantitative estimate of drug-likeness (QED) is 0.166. The highest BCUT2D eigenvalue weighted by Gasteiger charge is 2.52. The zero-order valence-electron chi connectivity index (χ0n) is 24.1. The van der Waals surface area contributed by atoms with E-state index in [0.717, 1.165) is 31.3 Å². The maximum Gasteiger partial charge on any atom is 0.343 e. The summed E-state index contributed by atoms with van der Waals surface area (Å²) in [7, 11) is -2.17. The minimum Gasteiger partial charge on any atom is -0.460 e. The molecule has 0 heterocycles. The molecule has 0 unspecified atom stereocenters. The van der Waals surface area contributed by atoms with E-state index in [1.807, 2.05) is 6.08 Å². The Balaban J connectivity index is 2.37. The van der Waals surface area contributed by atoms with Crippen LogP contribution in [-0.4, -0.2) is 37.7 Å². The van der Waals surface area contributed by atoms with Crippen LogP contribution in [0.4, 0.5) is 0 Å². The van der Waals surface area contributed by atoms with Crippen molar-refractivity contribution in [2.24, 2.45) is 23.7 Å². The van der Waals surface area contributed by atoms with E-state index in [4.69, 9.17) is 9.16 Å². The summed E-state index contributed by atoms with van der Waals surface area (Å²) in [6, 6.07) is 0. The first-order valence-corrected chi connectivity index (χ1v) is 16.4. The largest absolute Gasteiger partial charge is 0.460 e. The van der Waals surface area contributed by atoms with Crippen molar-refractivity contribution in [1.82, 2.24) is 0 Å². The monoisotopic (exact) mass is 506 g/mol. The van der Waals surface area contributed by atoms with E-state index in [9.17, 15) is 9.90 Å². The van der Waals surface area contributed by atoms with Crippen LogP contribution in [0, 0.1) is 23.7 Å². The average molecular weight is 507 g/mol. The van der Waals surface area contributed by atoms with Gasteiger partial charge in [0.15, 0.2) is 13.9 Å². The molecule has 0 bridgehead atoms. The molecule has 2 rings (SSSR count). The van der Waals surface area contributed by atoms with Crippen molar-refractivity contribution >= 4 is 14.3 Å². The Morgan fingerprint density at radius 3 is 2.20 bits per heavy atom. The number of rotatable bonds is 12. The summed E-state index contributed by atoms with van der Waals surface area (Å²) in [4.78, 5) is 13.9. The number of hydrogen-bond donors (Lipinski definition) is 1. The zero-order chi connectivity index (χ0) is 26.6. The van der Waals surface area contributed by atoms with Crippen molar-refractivity contribution in [1.29, 1.82) is 0 Å². The van der Waals surface area contributed by atoms with Gasteiger partial charge < -0.3 is 14.3 Å². The van der Waals surface area contributed by atoms with Gasteiger partial charge in [0.1, 0.15) is 6.10 Å². The van der Waals surface area contributed by atoms with Gasteiger partial charge in [-0.05, 0) is 72.1 Å². The standard InChI is InChI=1S/C30H54O4Si/c1-11-25(19-33-35(21(4)5,22(6)7)23(8)9)30(32,26-14-12-13-15-26)29(31)34-28-18-24(10)16-17-27(28)20(2)3/h11,14,20-25,27-28,32H,1,12-13,15-19H2,2-10H3/t24-,25+,27+,28-,30+/m1/s1. The fraction of sp³-hybridized carbons (Fsp3) is 0.833. The van der Waals surface area contributed by atoms with E-state index in [2.05, 4.69) is 68.9 Å². The number of carbonyl (C=O) groups is 1. The van der Waals surface area contributed by atoms with Crippen LogP contribution < -0.4 is 0 Å². The molecule has 0 amide bonds. The van der Waals surface area contributed by atoms with E-state index in [1.165, 1.54) is 6.42 Å². The molecule has 2 aliphatic rings. The number of esters is 1. The fourth-order valence-corrected chi connectivity index (χ4v) is 12.6. The van der Waals surface area contributed by atoms with Gasteiger partial charge in [-0.2, -0.15) is 0 Å². The summed E-state index contributed by atoms with van der Waals surface area (Å²) < 4.78 is 13.1. The molecule has 0 radical (unpaired) electrons. The molecule has 0 aliphatic heterocycles. The molecule has 5 heteroatoms. The molecule has 1 N–H and O–H groups in total. The number of ether oxygens (including phenoxy) is 1. The van der Waals surface area contributed by atoms with E-state index in [1.54, 1.807) is 6.08 Å². The molecule has 2 aliphatic carbocycles. The van der Waals surface area contributed by atoms with Crippen LogP contribution >= 0.6 is 0 Å². The lowest BCUT2D eigenvalue weighted by Gasteiger charge is -2.44. The average Bonchev–Trinajstić information content (AvgIpc) is 3.30. The van der Waals surface area contributed by atoms with Crippen LogP contribution in [-0.2, 0) is 14.0 Å². The highest BCUT2D eigenvalue weighted by Crippen LogP contribution is 2.44. The van der Waals surface area contributed by atoms with E-state index in [0.29, 0.717) is 47.4 Å². The summed E-state index contributed by atoms with van der Waals surface area (Å²) in [6.45, 7) is 24.5. The van der Waals surface area contributed by atoms with E-state index >= 15 is 0 Å². The van der Waals surface area contributed by atoms with E-state index in [-0.39, 0.29) is 6.10 Å². The Hall–Kier alpha value is -0.913. The Morgan fingerprint density at radius 2 is 1.74 bits per heavy atom. The summed E-state index contributed by atoms with van der Waals surface area (Å²) in [5, 5.41) is 12.2. The third-order valence-electron chi connectivity index (χ3n) is 9.10. The van der Waals surface area contributed by atoms with Crippen molar-refractivity contribution in [3.63, 3.8) is 0 Å². The van der Waals surface area contributed by atoms with Gasteiger partial charge in [0.25, 0.3) is 0 Å². The van der Waals surface area contributed by atoms with Crippen LogP contribution in [0.25, 0.3) is 0 Å². The van der Waals surface area contributed by atoms with Gasteiger partial charge >= 0.3 is 5.97 Å². The van der Waals surface area contributed by atoms with Gasteiger partial charge in [0, 0.05) is 12.5 Å². The van der Waals surface area contributed by atoms with Gasteiger partial charge in [-0.15, -0.1) is 6.58 Å². The maximum absolute atomic E-state index is 13.9. The minimum atomic E-state index is -2.17. The Kier molecular flexibility index (Phi) is 10.9. The molecule has 35 heavy (non-hydrogen) atoms. The molecule has 202 valence electrons. The molecule has 5 atom stereocenters. The Morgan fingerprint density at radius 1 is 1.14 bits per heavy atom. The zero-order valence-corrected chi connectivity index (χ0v) is 25.1. The molecule has 0 aromatic rings. The third kappa shape index (κ3) is 6.33. The third-order valence-corrected chi connectivity index (χ3v) is 15.2. The van der Waals surface area contributed by atoms with Gasteiger partial charge in [-0.3, -0.25) is 0 Å². The second-order valence-corrected chi connectivity index (χ2v) is 18.1. The molecule has 0 spiro atoms. The molecule has 0 aromatic heterocycles. The Labute approximate surface area is 217 Å². The van der Waals surface area contributed by atoms with Gasteiger partial charge in [-0.1, -0.05) is 80.9 Å². The first-order chi connectivity index (χ1) is 16.3. The highest BCUT2D eigenvalue weighted by atomic mass is 28.4. The normalized spacial score (nSPS) is 26.2. The topological polar surface area (TPSA) is 55.8 Å². The van der Waals surface area contributed by atoms with Crippen LogP contribution in [0.3, 0.4) is 0 Å². The smallest absolute Gasteiger partial charge is 0.343 e. The Bertz CT molecular complexity index is 719. The minimum absolute atomic E-state index is 0.151. The SMILES string of the molecule is C=C[C@@H](CO[Si](C(C)C)(C(C)C)C(C)C)[C@@](O)(C(=O)O[C@@H]1C[C@H](C)CC[C@H]1C(C)C)C1=CCCC1. The van der Waals surface area contributed by atoms with Crippen molar-refractivity contribution < 1.29 is 19.1 Å². The van der Waals surface area contributed by atoms with Crippen LogP contribution in [0.15, 0.2) is 24.3 Å². The van der Waals surface area contributed by atoms with E-state index < -0.39 is 25.8 Å². The molecule has 0 aromatic carbocycles. The van der Waals surface area contributed by atoms with Crippen molar-refractivity contribution in [2.45, 2.75) is 129 Å². The van der Waals surface area contributed by atoms with Crippen LogP contribution in [0.2, 0.25) is 16.6 Å². The van der Waals surface area contributed by atoms with Gasteiger partial charge in [-0.25, -0.2) is 4.79 Å². The lowest BCUT2D eigenvalue weighted by molar-refractivity contribution is -0.178. The molecule has 4 nitrogen and oxygen atoms in total. The highest BCUT2D eigenvalue weighted by molar-refractivity contribution is 6.77. The second kappa shape index (κ2) is 12.6. The molecular weight excluding hydrogens is 452 g/mol. The molecule has 1 saturated carbocycles. The van der Waals surface area contributed by atoms with Crippen molar-refractivity contribution in [2.75, 3.05) is 6.61 Å². The second-order valence-electron chi connectivity index (χ2n) is 12.6. The maximum atomic E-state index is 13.9. The van der Waals surface area contributed by atoms with Crippen molar-refractivity contribution in [3.8, 4) is 0 Å². The predicted molar refractivity (Wildman–Crippen MR) is 149 cm³/mol. The first kappa shape index (κ1) is 30.3. The van der Waals surface area contributed by atoms with Crippen LogP contribution in [0.5, 0.6) is 0 Å². The lowest BCUT2D eigenvalue weighted by Crippen LogP contribution is -2.54. The molecule has 1 fully saturated rings. The molecule has 0 saturated heterocycles. The van der Waals surface area contributed by atoms with Gasteiger partial charge in [0.2, 0.25) is 0 Å². The van der Waals surface area contributed by atoms with Crippen LogP contribution in [0.1, 0.15) is 101 Å². The van der Waals surface area contributed by atoms with Gasteiger partial charge in [0.05, 0.1) is 0 Å². The summed E-state index contributed by atoms with van der Waals surface area (Å²) in [5.41, 5.74) is 0.343. The summed E-state index contributed by atoms with van der Waals surface area (Å²) >= 11 is 0. The van der Waals surface area contributed by atoms with Crippen molar-refractivity contribution in [3.05, 3.63) is 24.3 Å².